The number of rotatable bonds is 11. The summed E-state index contributed by atoms with van der Waals surface area (Å²) in [6.07, 6.45) is 8.35. The number of halogens is 2. The van der Waals surface area contributed by atoms with Gasteiger partial charge in [0, 0.05) is 27.5 Å². The van der Waals surface area contributed by atoms with Crippen LogP contribution in [-0.4, -0.2) is 17.5 Å². The van der Waals surface area contributed by atoms with Crippen LogP contribution in [0.25, 0.3) is 6.08 Å². The molecule has 0 saturated heterocycles. The Morgan fingerprint density at radius 1 is 1.18 bits per heavy atom. The molecule has 8 heteroatoms. The van der Waals surface area contributed by atoms with Gasteiger partial charge < -0.3 is 4.74 Å². The largest absolute Gasteiger partial charge is 0.494 e. The molecule has 1 N–H and O–H groups in total. The fourth-order valence-electron chi connectivity index (χ4n) is 3.17. The first kappa shape index (κ1) is 25.8. The lowest BCUT2D eigenvalue weighted by molar-refractivity contribution is -0.112. The van der Waals surface area contributed by atoms with Gasteiger partial charge in [0.1, 0.15) is 17.4 Å². The minimum absolute atomic E-state index is 0.0112. The number of carbonyl (C=O) groups is 1. The minimum Gasteiger partial charge on any atom is -0.494 e. The molecule has 3 rings (SSSR count). The summed E-state index contributed by atoms with van der Waals surface area (Å²) in [5.74, 6) is 0.257. The van der Waals surface area contributed by atoms with Gasteiger partial charge in [-0.3, -0.25) is 10.1 Å². The van der Waals surface area contributed by atoms with Crippen molar-refractivity contribution in [1.82, 2.24) is 4.98 Å². The van der Waals surface area contributed by atoms with Crippen LogP contribution in [0.3, 0.4) is 0 Å². The number of nitrogens with one attached hydrogen (secondary N) is 1. The van der Waals surface area contributed by atoms with Crippen LogP contribution in [-0.2, 0) is 11.2 Å². The van der Waals surface area contributed by atoms with Crippen LogP contribution in [0.5, 0.6) is 5.75 Å². The van der Waals surface area contributed by atoms with E-state index in [1.807, 2.05) is 30.3 Å². The van der Waals surface area contributed by atoms with Gasteiger partial charge in [0.05, 0.1) is 6.61 Å². The summed E-state index contributed by atoms with van der Waals surface area (Å²) in [5, 5.41) is 13.8. The molecule has 0 unspecified atom stereocenters. The molecule has 5 nitrogen and oxygen atoms in total. The predicted octanol–water partition coefficient (Wildman–Crippen LogP) is 7.55. The number of unbranched alkanes of at least 4 members (excludes halogenated alkanes) is 3. The lowest BCUT2D eigenvalue weighted by Crippen LogP contribution is -2.13. The topological polar surface area (TPSA) is 75.0 Å². The van der Waals surface area contributed by atoms with Crippen LogP contribution in [0.1, 0.15) is 48.6 Å². The van der Waals surface area contributed by atoms with Gasteiger partial charge in [-0.05, 0) is 54.0 Å². The van der Waals surface area contributed by atoms with Crippen molar-refractivity contribution in [2.45, 2.75) is 39.0 Å². The second-order valence-corrected chi connectivity index (χ2v) is 9.61. The monoisotopic (exact) mass is 513 g/mol. The summed E-state index contributed by atoms with van der Waals surface area (Å²) < 4.78 is 5.74. The molecule has 0 saturated carbocycles. The van der Waals surface area contributed by atoms with Crippen molar-refractivity contribution in [3.8, 4) is 11.8 Å². The van der Waals surface area contributed by atoms with E-state index in [-0.39, 0.29) is 5.57 Å². The number of aromatic nitrogens is 1. The molecule has 0 fully saturated rings. The van der Waals surface area contributed by atoms with Gasteiger partial charge >= 0.3 is 0 Å². The molecule has 0 bridgehead atoms. The molecule has 0 spiro atoms. The van der Waals surface area contributed by atoms with Crippen LogP contribution in [0.15, 0.2) is 54.2 Å². The molecule has 1 aromatic heterocycles. The molecule has 0 aliphatic heterocycles. The molecule has 0 aliphatic carbocycles. The summed E-state index contributed by atoms with van der Waals surface area (Å²) in [7, 11) is 0. The van der Waals surface area contributed by atoms with Crippen molar-refractivity contribution in [2.24, 2.45) is 0 Å². The summed E-state index contributed by atoms with van der Waals surface area (Å²) in [5.41, 5.74) is 1.60. The Hall–Kier alpha value is -2.85. The highest BCUT2D eigenvalue weighted by molar-refractivity contribution is 7.15. The quantitative estimate of drug-likeness (QED) is 0.163. The molecule has 176 valence electrons. The lowest BCUT2D eigenvalue weighted by atomic mass is 10.1. The number of hydrogen-bond acceptors (Lipinski definition) is 5. The molecule has 0 aliphatic rings. The summed E-state index contributed by atoms with van der Waals surface area (Å²) in [6, 6.07) is 14.6. The average Bonchev–Trinajstić information content (AvgIpc) is 3.27. The van der Waals surface area contributed by atoms with E-state index in [1.54, 1.807) is 30.5 Å². The Morgan fingerprint density at radius 3 is 2.71 bits per heavy atom. The van der Waals surface area contributed by atoms with Gasteiger partial charge in [0.2, 0.25) is 0 Å². The van der Waals surface area contributed by atoms with E-state index in [0.29, 0.717) is 28.2 Å². The summed E-state index contributed by atoms with van der Waals surface area (Å²) in [6.45, 7) is 2.86. The van der Waals surface area contributed by atoms with Crippen LogP contribution < -0.4 is 10.1 Å². The van der Waals surface area contributed by atoms with Crippen molar-refractivity contribution in [1.29, 1.82) is 5.26 Å². The molecule has 1 amide bonds. The minimum atomic E-state index is -0.513. The Balaban J connectivity index is 1.58. The Labute approximate surface area is 214 Å². The normalized spacial score (nSPS) is 11.2. The average molecular weight is 514 g/mol. The number of nitrogens with zero attached hydrogens (tertiary/aromatic N) is 2. The zero-order chi connectivity index (χ0) is 24.3. The third-order valence-electron chi connectivity index (χ3n) is 4.97. The second kappa shape index (κ2) is 13.1. The van der Waals surface area contributed by atoms with Gasteiger partial charge in [-0.1, -0.05) is 61.5 Å². The smallest absolute Gasteiger partial charge is 0.268 e. The molecule has 2 aromatic carbocycles. The van der Waals surface area contributed by atoms with E-state index in [2.05, 4.69) is 17.2 Å². The summed E-state index contributed by atoms with van der Waals surface area (Å²) >= 11 is 13.6. The van der Waals surface area contributed by atoms with Crippen LogP contribution in [0.2, 0.25) is 10.0 Å². The first-order valence-electron chi connectivity index (χ1n) is 11.0. The Morgan fingerprint density at radius 2 is 1.97 bits per heavy atom. The van der Waals surface area contributed by atoms with Crippen LogP contribution in [0.4, 0.5) is 5.13 Å². The van der Waals surface area contributed by atoms with Crippen molar-refractivity contribution >= 4 is 51.7 Å². The third kappa shape index (κ3) is 7.88. The van der Waals surface area contributed by atoms with Crippen molar-refractivity contribution in [3.05, 3.63) is 80.3 Å². The maximum Gasteiger partial charge on any atom is 0.268 e. The molecule has 1 heterocycles. The number of anilines is 1. The van der Waals surface area contributed by atoms with Crippen LogP contribution >= 0.6 is 34.5 Å². The third-order valence-corrected chi connectivity index (χ3v) is 6.49. The van der Waals surface area contributed by atoms with Gasteiger partial charge in [-0.2, -0.15) is 5.26 Å². The molecular formula is C26H25Cl2N3O2S. The van der Waals surface area contributed by atoms with Crippen molar-refractivity contribution in [2.75, 3.05) is 11.9 Å². The number of carbonyl (C=O) groups excluding carboxylic acids is 1. The zero-order valence-electron chi connectivity index (χ0n) is 18.8. The van der Waals surface area contributed by atoms with Crippen molar-refractivity contribution < 1.29 is 9.53 Å². The molecule has 0 radical (unpaired) electrons. The first-order chi connectivity index (χ1) is 16.5. The number of ether oxygens (including phenoxy) is 1. The number of benzene rings is 2. The highest BCUT2D eigenvalue weighted by Gasteiger charge is 2.13. The molecule has 3 aromatic rings. The highest BCUT2D eigenvalue weighted by Crippen LogP contribution is 2.27. The maximum atomic E-state index is 12.6. The van der Waals surface area contributed by atoms with E-state index in [9.17, 15) is 10.1 Å². The van der Waals surface area contributed by atoms with Gasteiger partial charge in [-0.15, -0.1) is 11.3 Å². The fraction of sp³-hybridized carbons (Fsp3) is 0.269. The number of nitriles is 1. The first-order valence-corrected chi connectivity index (χ1v) is 12.6. The Kier molecular flexibility index (Phi) is 9.96. The van der Waals surface area contributed by atoms with Gasteiger partial charge in [-0.25, -0.2) is 4.98 Å². The van der Waals surface area contributed by atoms with Gasteiger partial charge in [0.15, 0.2) is 5.13 Å². The van der Waals surface area contributed by atoms with Gasteiger partial charge in [0.25, 0.3) is 5.91 Å². The molecule has 0 atom stereocenters. The maximum absolute atomic E-state index is 12.6. The van der Waals surface area contributed by atoms with E-state index in [1.165, 1.54) is 24.2 Å². The number of hydrogen-bond donors (Lipinski definition) is 1. The Bertz CT molecular complexity index is 1180. The summed E-state index contributed by atoms with van der Waals surface area (Å²) in [4.78, 5) is 17.8. The van der Waals surface area contributed by atoms with E-state index >= 15 is 0 Å². The van der Waals surface area contributed by atoms with Crippen LogP contribution in [0, 0.1) is 11.3 Å². The second-order valence-electron chi connectivity index (χ2n) is 7.65. The highest BCUT2D eigenvalue weighted by atomic mass is 35.5. The number of thiazole rings is 1. The zero-order valence-corrected chi connectivity index (χ0v) is 21.1. The van der Waals surface area contributed by atoms with E-state index < -0.39 is 5.91 Å². The number of amides is 1. The molecule has 34 heavy (non-hydrogen) atoms. The van der Waals surface area contributed by atoms with Crippen molar-refractivity contribution in [3.63, 3.8) is 0 Å². The predicted molar refractivity (Wildman–Crippen MR) is 140 cm³/mol. The standard InChI is InChI=1S/C26H25Cl2N3O2S/c1-2-3-4-5-12-33-22-9-6-18(7-10-22)13-20(16-29)25(32)31-26-30-17-23(34-26)15-19-14-21(27)8-11-24(19)28/h6-11,13-14,17H,2-5,12,15H2,1H3,(H,30,31,32). The fourth-order valence-corrected chi connectivity index (χ4v) is 4.38. The van der Waals surface area contributed by atoms with E-state index in [0.717, 1.165) is 34.6 Å². The lowest BCUT2D eigenvalue weighted by Gasteiger charge is -2.06. The molecular weight excluding hydrogens is 489 g/mol. The SMILES string of the molecule is CCCCCCOc1ccc(C=C(C#N)C(=O)Nc2ncc(Cc3cc(Cl)ccc3Cl)s2)cc1. The van der Waals surface area contributed by atoms with E-state index in [4.69, 9.17) is 27.9 Å².